The fraction of sp³-hybridized carbons (Fsp3) is 0.250. The highest BCUT2D eigenvalue weighted by molar-refractivity contribution is 6.21. The maximum absolute atomic E-state index is 11.8. The van der Waals surface area contributed by atoms with Crippen molar-refractivity contribution in [3.05, 3.63) is 42.0 Å². The quantitative estimate of drug-likeness (QED) is 0.568. The van der Waals surface area contributed by atoms with Gasteiger partial charge in [0.25, 0.3) is 11.8 Å². The van der Waals surface area contributed by atoms with Crippen molar-refractivity contribution in [2.24, 2.45) is 0 Å². The number of hydrogen-bond donors (Lipinski definition) is 0. The summed E-state index contributed by atoms with van der Waals surface area (Å²) in [5.74, 6) is -0.472. The summed E-state index contributed by atoms with van der Waals surface area (Å²) in [6.45, 7) is 3.92. The molecule has 1 aliphatic rings. The molecule has 1 aliphatic heterocycles. The van der Waals surface area contributed by atoms with Crippen LogP contribution >= 0.6 is 0 Å². The van der Waals surface area contributed by atoms with Gasteiger partial charge >= 0.3 is 0 Å². The lowest BCUT2D eigenvalue weighted by atomic mass is 10.1. The van der Waals surface area contributed by atoms with Gasteiger partial charge in [0.05, 0.1) is 30.9 Å². The predicted molar refractivity (Wildman–Crippen MR) is 57.7 cm³/mol. The van der Waals surface area contributed by atoms with Crippen LogP contribution in [0.3, 0.4) is 0 Å². The summed E-state index contributed by atoms with van der Waals surface area (Å²) in [7, 11) is 0. The van der Waals surface area contributed by atoms with Crippen molar-refractivity contribution in [1.29, 1.82) is 0 Å². The van der Waals surface area contributed by atoms with E-state index in [4.69, 9.17) is 4.74 Å². The van der Waals surface area contributed by atoms with Crippen molar-refractivity contribution < 1.29 is 14.3 Å². The van der Waals surface area contributed by atoms with E-state index in [1.165, 1.54) is 11.5 Å². The van der Waals surface area contributed by atoms with Crippen LogP contribution in [0.25, 0.3) is 0 Å². The molecule has 1 radical (unpaired) electrons. The Balaban J connectivity index is 2.15. The smallest absolute Gasteiger partial charge is 0.261 e. The molecular formula is C12H12NO3. The predicted octanol–water partition coefficient (Wildman–Crippen LogP) is 1.48. The summed E-state index contributed by atoms with van der Waals surface area (Å²) < 4.78 is 5.02. The van der Waals surface area contributed by atoms with Crippen LogP contribution in [0.4, 0.5) is 0 Å². The van der Waals surface area contributed by atoms with Crippen LogP contribution in [0, 0.1) is 6.61 Å². The molecule has 0 bridgehead atoms. The molecule has 2 rings (SSSR count). The van der Waals surface area contributed by atoms with Crippen LogP contribution in [0.15, 0.2) is 24.3 Å². The molecule has 0 N–H and O–H groups in total. The number of carbonyl (C=O) groups excluding carboxylic acids is 2. The minimum Gasteiger partial charge on any atom is -0.374 e. The van der Waals surface area contributed by atoms with Crippen LogP contribution in [-0.4, -0.2) is 29.9 Å². The number of nitrogens with zero attached hydrogens (tertiary/aromatic N) is 1. The number of rotatable bonds is 4. The molecule has 83 valence electrons. The molecule has 0 atom stereocenters. The largest absolute Gasteiger partial charge is 0.374 e. The van der Waals surface area contributed by atoms with Crippen molar-refractivity contribution in [2.45, 2.75) is 6.92 Å². The lowest BCUT2D eigenvalue weighted by Gasteiger charge is -2.12. The van der Waals surface area contributed by atoms with Gasteiger partial charge in [-0.15, -0.1) is 0 Å². The second-order valence-electron chi connectivity index (χ2n) is 3.41. The van der Waals surface area contributed by atoms with Crippen LogP contribution in [0.2, 0.25) is 0 Å². The van der Waals surface area contributed by atoms with Gasteiger partial charge in [0, 0.05) is 0 Å². The van der Waals surface area contributed by atoms with Crippen molar-refractivity contribution in [1.82, 2.24) is 4.90 Å². The number of fused-ring (bicyclic) bond motifs is 1. The van der Waals surface area contributed by atoms with Crippen molar-refractivity contribution >= 4 is 11.8 Å². The van der Waals surface area contributed by atoms with Crippen molar-refractivity contribution in [2.75, 3.05) is 13.2 Å². The highest BCUT2D eigenvalue weighted by Gasteiger charge is 2.34. The average Bonchev–Trinajstić information content (AvgIpc) is 2.55. The summed E-state index contributed by atoms with van der Waals surface area (Å²) in [4.78, 5) is 24.9. The van der Waals surface area contributed by atoms with E-state index in [1.54, 1.807) is 31.2 Å². The lowest BCUT2D eigenvalue weighted by Crippen LogP contribution is -2.32. The SMILES string of the molecule is C[CH]OCCN1C(=O)c2ccccc2C1=O. The maximum Gasteiger partial charge on any atom is 0.261 e. The first-order valence-electron chi connectivity index (χ1n) is 5.10. The Morgan fingerprint density at radius 2 is 1.75 bits per heavy atom. The van der Waals surface area contributed by atoms with E-state index >= 15 is 0 Å². The van der Waals surface area contributed by atoms with E-state index in [0.29, 0.717) is 17.7 Å². The number of carbonyl (C=O) groups is 2. The lowest BCUT2D eigenvalue weighted by molar-refractivity contribution is 0.0606. The van der Waals surface area contributed by atoms with Crippen LogP contribution in [0.5, 0.6) is 0 Å². The molecule has 1 heterocycles. The van der Waals surface area contributed by atoms with Crippen LogP contribution < -0.4 is 0 Å². The third-order valence-corrected chi connectivity index (χ3v) is 2.48. The molecule has 0 aromatic heterocycles. The third kappa shape index (κ3) is 1.72. The second kappa shape index (κ2) is 4.45. The first kappa shape index (κ1) is 10.8. The van der Waals surface area contributed by atoms with Gasteiger partial charge in [-0.3, -0.25) is 14.5 Å². The summed E-state index contributed by atoms with van der Waals surface area (Å²) in [5, 5.41) is 0. The number of imide groups is 1. The fourth-order valence-electron chi connectivity index (χ4n) is 1.70. The van der Waals surface area contributed by atoms with E-state index in [2.05, 4.69) is 0 Å². The Bertz CT molecular complexity index is 393. The zero-order valence-electron chi connectivity index (χ0n) is 8.97. The second-order valence-corrected chi connectivity index (χ2v) is 3.41. The topological polar surface area (TPSA) is 46.6 Å². The molecule has 4 nitrogen and oxygen atoms in total. The third-order valence-electron chi connectivity index (χ3n) is 2.48. The average molecular weight is 218 g/mol. The Hall–Kier alpha value is -1.68. The summed E-state index contributed by atoms with van der Waals surface area (Å²) >= 11 is 0. The van der Waals surface area contributed by atoms with E-state index in [-0.39, 0.29) is 18.4 Å². The highest BCUT2D eigenvalue weighted by Crippen LogP contribution is 2.21. The van der Waals surface area contributed by atoms with Gasteiger partial charge < -0.3 is 4.74 Å². The van der Waals surface area contributed by atoms with Gasteiger partial charge in [0.2, 0.25) is 0 Å². The molecule has 0 saturated carbocycles. The van der Waals surface area contributed by atoms with Gasteiger partial charge in [0.1, 0.15) is 0 Å². The monoisotopic (exact) mass is 218 g/mol. The molecule has 4 heteroatoms. The molecule has 2 amide bonds. The van der Waals surface area contributed by atoms with E-state index in [9.17, 15) is 9.59 Å². The minimum atomic E-state index is -0.236. The number of amides is 2. The molecule has 0 fully saturated rings. The van der Waals surface area contributed by atoms with Crippen molar-refractivity contribution in [3.8, 4) is 0 Å². The fourth-order valence-corrected chi connectivity index (χ4v) is 1.70. The Labute approximate surface area is 93.8 Å². The van der Waals surface area contributed by atoms with Crippen LogP contribution in [0.1, 0.15) is 27.6 Å². The number of benzene rings is 1. The zero-order valence-corrected chi connectivity index (χ0v) is 8.97. The highest BCUT2D eigenvalue weighted by atomic mass is 16.5. The molecule has 0 saturated heterocycles. The van der Waals surface area contributed by atoms with E-state index in [1.807, 2.05) is 0 Å². The number of ether oxygens (including phenoxy) is 1. The van der Waals surface area contributed by atoms with E-state index in [0.717, 1.165) is 0 Å². The molecular weight excluding hydrogens is 206 g/mol. The molecule has 0 spiro atoms. The standard InChI is InChI=1S/C12H12NO3/c1-2-16-8-7-13-11(14)9-5-3-4-6-10(9)12(13)15/h2-6H,7-8H2,1H3. The molecule has 16 heavy (non-hydrogen) atoms. The Morgan fingerprint density at radius 3 is 2.25 bits per heavy atom. The molecule has 1 aromatic rings. The molecule has 0 unspecified atom stereocenters. The van der Waals surface area contributed by atoms with Gasteiger partial charge in [0.15, 0.2) is 0 Å². The normalized spacial score (nSPS) is 14.4. The van der Waals surface area contributed by atoms with Gasteiger partial charge in [-0.25, -0.2) is 0 Å². The van der Waals surface area contributed by atoms with Crippen LogP contribution in [-0.2, 0) is 4.74 Å². The van der Waals surface area contributed by atoms with Gasteiger partial charge in [-0.2, -0.15) is 0 Å². The zero-order chi connectivity index (χ0) is 11.5. The molecule has 1 aromatic carbocycles. The Morgan fingerprint density at radius 1 is 1.19 bits per heavy atom. The minimum absolute atomic E-state index is 0.236. The van der Waals surface area contributed by atoms with E-state index < -0.39 is 0 Å². The maximum atomic E-state index is 11.8. The first-order chi connectivity index (χ1) is 7.75. The summed E-state index contributed by atoms with van der Waals surface area (Å²) in [6.07, 6.45) is 0. The summed E-state index contributed by atoms with van der Waals surface area (Å²) in [6, 6.07) is 6.85. The first-order valence-corrected chi connectivity index (χ1v) is 5.10. The van der Waals surface area contributed by atoms with Gasteiger partial charge in [-0.1, -0.05) is 12.1 Å². The summed E-state index contributed by atoms with van der Waals surface area (Å²) in [5.41, 5.74) is 0.959. The molecule has 0 aliphatic carbocycles. The number of hydrogen-bond acceptors (Lipinski definition) is 3. The van der Waals surface area contributed by atoms with Gasteiger partial charge in [-0.05, 0) is 19.1 Å². The van der Waals surface area contributed by atoms with Crippen molar-refractivity contribution in [3.63, 3.8) is 0 Å². The Kier molecular flexibility index (Phi) is 3.01.